The first-order chi connectivity index (χ1) is 6.80. The molecule has 0 saturated heterocycles. The second kappa shape index (κ2) is 4.56. The van der Waals surface area contributed by atoms with Crippen LogP contribution in [0.1, 0.15) is 23.6 Å². The second-order valence-electron chi connectivity index (χ2n) is 3.63. The van der Waals surface area contributed by atoms with Crippen LogP contribution in [-0.2, 0) is 12.6 Å². The third-order valence-corrected chi connectivity index (χ3v) is 2.45. The van der Waals surface area contributed by atoms with E-state index in [0.29, 0.717) is 12.0 Å². The van der Waals surface area contributed by atoms with Crippen LogP contribution in [0.25, 0.3) is 0 Å². The number of hydrogen-bond donors (Lipinski definition) is 0. The van der Waals surface area contributed by atoms with Gasteiger partial charge in [0, 0.05) is 4.83 Å². The zero-order valence-electron chi connectivity index (χ0n) is 8.53. The van der Waals surface area contributed by atoms with E-state index in [1.54, 1.807) is 6.07 Å². The van der Waals surface area contributed by atoms with Crippen LogP contribution >= 0.6 is 15.9 Å². The zero-order valence-corrected chi connectivity index (χ0v) is 10.1. The summed E-state index contributed by atoms with van der Waals surface area (Å²) in [7, 11) is 0. The molecule has 0 fully saturated rings. The molecule has 15 heavy (non-hydrogen) atoms. The van der Waals surface area contributed by atoms with Crippen LogP contribution in [0.2, 0.25) is 0 Å². The van der Waals surface area contributed by atoms with Gasteiger partial charge in [-0.05, 0) is 30.5 Å². The number of hydrogen-bond acceptors (Lipinski definition) is 0. The normalized spacial score (nSPS) is 14.0. The maximum absolute atomic E-state index is 12.6. The molecule has 0 aromatic heterocycles. The first-order valence-electron chi connectivity index (χ1n) is 4.61. The van der Waals surface area contributed by atoms with E-state index in [0.717, 1.165) is 0 Å². The quantitative estimate of drug-likeness (QED) is 0.707. The van der Waals surface area contributed by atoms with Crippen molar-refractivity contribution in [2.45, 2.75) is 31.3 Å². The molecule has 0 saturated carbocycles. The Kier molecular flexibility index (Phi) is 3.82. The van der Waals surface area contributed by atoms with Gasteiger partial charge in [0.1, 0.15) is 0 Å². The van der Waals surface area contributed by atoms with E-state index in [1.165, 1.54) is 19.1 Å². The summed E-state index contributed by atoms with van der Waals surface area (Å²) in [5.41, 5.74) is 0.443. The summed E-state index contributed by atoms with van der Waals surface area (Å²) in [6, 6.07) is 4.49. The fourth-order valence-electron chi connectivity index (χ4n) is 1.43. The van der Waals surface area contributed by atoms with Gasteiger partial charge in [0.25, 0.3) is 0 Å². The minimum Gasteiger partial charge on any atom is -0.166 e. The van der Waals surface area contributed by atoms with Gasteiger partial charge in [-0.3, -0.25) is 0 Å². The van der Waals surface area contributed by atoms with Gasteiger partial charge in [-0.15, -0.1) is 0 Å². The summed E-state index contributed by atoms with van der Waals surface area (Å²) in [5.74, 6) is 0. The van der Waals surface area contributed by atoms with E-state index >= 15 is 0 Å². The minimum absolute atomic E-state index is 0.182. The maximum atomic E-state index is 12.6. The molecule has 0 radical (unpaired) electrons. The van der Waals surface area contributed by atoms with Gasteiger partial charge in [-0.1, -0.05) is 35.0 Å². The van der Waals surface area contributed by atoms with Gasteiger partial charge in [0.15, 0.2) is 0 Å². The van der Waals surface area contributed by atoms with Crippen molar-refractivity contribution < 1.29 is 13.2 Å². The third-order valence-electron chi connectivity index (χ3n) is 2.12. The fraction of sp³-hybridized carbons (Fsp3) is 0.455. The maximum Gasteiger partial charge on any atom is 0.416 e. The van der Waals surface area contributed by atoms with E-state index in [-0.39, 0.29) is 10.4 Å². The van der Waals surface area contributed by atoms with Gasteiger partial charge < -0.3 is 0 Å². The summed E-state index contributed by atoms with van der Waals surface area (Å²) >= 11 is 3.32. The molecule has 1 aromatic rings. The average Bonchev–Trinajstić information content (AvgIpc) is 2.05. The van der Waals surface area contributed by atoms with Crippen LogP contribution in [0, 0.1) is 6.92 Å². The predicted molar refractivity (Wildman–Crippen MR) is 58.3 cm³/mol. The van der Waals surface area contributed by atoms with Crippen LogP contribution < -0.4 is 0 Å². The summed E-state index contributed by atoms with van der Waals surface area (Å²) in [5, 5.41) is 0. The summed E-state index contributed by atoms with van der Waals surface area (Å²) in [4.78, 5) is 0.182. The average molecular weight is 281 g/mol. The Morgan fingerprint density at radius 1 is 1.33 bits per heavy atom. The lowest BCUT2D eigenvalue weighted by Gasteiger charge is -2.12. The summed E-state index contributed by atoms with van der Waals surface area (Å²) in [6.07, 6.45) is -3.65. The van der Waals surface area contributed by atoms with Gasteiger partial charge in [-0.2, -0.15) is 13.2 Å². The van der Waals surface area contributed by atoms with Crippen molar-refractivity contribution >= 4 is 15.9 Å². The molecule has 0 bridgehead atoms. The molecule has 84 valence electrons. The van der Waals surface area contributed by atoms with E-state index in [4.69, 9.17) is 0 Å². The van der Waals surface area contributed by atoms with Crippen LogP contribution in [0.4, 0.5) is 13.2 Å². The number of rotatable bonds is 2. The number of halogens is 4. The lowest BCUT2D eigenvalue weighted by atomic mass is 10.0. The monoisotopic (exact) mass is 280 g/mol. The van der Waals surface area contributed by atoms with Gasteiger partial charge >= 0.3 is 6.18 Å². The molecule has 1 rings (SSSR count). The van der Waals surface area contributed by atoms with Crippen molar-refractivity contribution in [3.05, 3.63) is 34.9 Å². The molecule has 0 aliphatic carbocycles. The smallest absolute Gasteiger partial charge is 0.166 e. The Balaban J connectivity index is 3.06. The zero-order chi connectivity index (χ0) is 11.6. The lowest BCUT2D eigenvalue weighted by molar-refractivity contribution is -0.138. The highest BCUT2D eigenvalue weighted by molar-refractivity contribution is 9.09. The molecular formula is C11H12BrF3. The standard InChI is InChI=1S/C11H12BrF3/c1-7-3-4-9(5-8(2)12)6-10(7)11(13,14)15/h3-4,6,8H,5H2,1-2H3. The van der Waals surface area contributed by atoms with Crippen molar-refractivity contribution in [2.75, 3.05) is 0 Å². The number of benzene rings is 1. The van der Waals surface area contributed by atoms with Crippen LogP contribution in [0.3, 0.4) is 0 Å². The first kappa shape index (κ1) is 12.6. The number of alkyl halides is 4. The molecule has 0 heterocycles. The number of aryl methyl sites for hydroxylation is 1. The van der Waals surface area contributed by atoms with Gasteiger partial charge in [0.2, 0.25) is 0 Å². The molecule has 0 aliphatic heterocycles. The molecule has 0 amide bonds. The molecule has 0 spiro atoms. The topological polar surface area (TPSA) is 0 Å². The van der Waals surface area contributed by atoms with Crippen molar-refractivity contribution in [3.63, 3.8) is 0 Å². The highest BCUT2D eigenvalue weighted by atomic mass is 79.9. The molecule has 1 aromatic carbocycles. The summed E-state index contributed by atoms with van der Waals surface area (Å²) in [6.45, 7) is 3.39. The van der Waals surface area contributed by atoms with E-state index < -0.39 is 11.7 Å². The minimum atomic E-state index is -4.25. The largest absolute Gasteiger partial charge is 0.416 e. The Labute approximate surface area is 95.6 Å². The van der Waals surface area contributed by atoms with Crippen LogP contribution in [-0.4, -0.2) is 4.83 Å². The molecule has 0 aliphatic rings. The van der Waals surface area contributed by atoms with Crippen molar-refractivity contribution in [1.29, 1.82) is 0 Å². The van der Waals surface area contributed by atoms with Gasteiger partial charge in [0.05, 0.1) is 5.56 Å². The van der Waals surface area contributed by atoms with E-state index in [2.05, 4.69) is 15.9 Å². The highest BCUT2D eigenvalue weighted by Crippen LogP contribution is 2.32. The van der Waals surface area contributed by atoms with Crippen molar-refractivity contribution in [2.24, 2.45) is 0 Å². The molecule has 4 heteroatoms. The molecule has 0 nitrogen and oxygen atoms in total. The molecule has 1 atom stereocenters. The molecular weight excluding hydrogens is 269 g/mol. The first-order valence-corrected chi connectivity index (χ1v) is 5.53. The van der Waals surface area contributed by atoms with Crippen molar-refractivity contribution in [3.8, 4) is 0 Å². The Bertz CT molecular complexity index is 342. The Morgan fingerprint density at radius 3 is 2.40 bits per heavy atom. The summed E-state index contributed by atoms with van der Waals surface area (Å²) < 4.78 is 37.7. The van der Waals surface area contributed by atoms with E-state index in [9.17, 15) is 13.2 Å². The van der Waals surface area contributed by atoms with Crippen LogP contribution in [0.5, 0.6) is 0 Å². The van der Waals surface area contributed by atoms with Crippen LogP contribution in [0.15, 0.2) is 18.2 Å². The lowest BCUT2D eigenvalue weighted by Crippen LogP contribution is -2.09. The Morgan fingerprint density at radius 2 is 1.93 bits per heavy atom. The predicted octanol–water partition coefficient (Wildman–Crippen LogP) is 4.34. The molecule has 0 N–H and O–H groups in total. The second-order valence-corrected chi connectivity index (χ2v) is 5.20. The fourth-order valence-corrected chi connectivity index (χ4v) is 1.80. The Hall–Kier alpha value is -0.510. The van der Waals surface area contributed by atoms with Crippen molar-refractivity contribution in [1.82, 2.24) is 0 Å². The molecule has 1 unspecified atom stereocenters. The van der Waals surface area contributed by atoms with Gasteiger partial charge in [-0.25, -0.2) is 0 Å². The highest BCUT2D eigenvalue weighted by Gasteiger charge is 2.32. The third kappa shape index (κ3) is 3.52. The SMILES string of the molecule is Cc1ccc(CC(C)Br)cc1C(F)(F)F. The van der Waals surface area contributed by atoms with E-state index in [1.807, 2.05) is 6.92 Å².